The van der Waals surface area contributed by atoms with Crippen LogP contribution >= 0.6 is 0 Å². The zero-order chi connectivity index (χ0) is 32.8. The van der Waals surface area contributed by atoms with Gasteiger partial charge in [-0.05, 0) is 107 Å². The average molecular weight is 648 g/mol. The number of benzene rings is 2. The lowest BCUT2D eigenvalue weighted by atomic mass is 9.71. The fraction of sp³-hybridized carbons (Fsp3) is 0.500. The summed E-state index contributed by atoms with van der Waals surface area (Å²) in [6.07, 6.45) is 6.22. The third-order valence-electron chi connectivity index (χ3n) is 10.2. The van der Waals surface area contributed by atoms with E-state index in [4.69, 9.17) is 9.72 Å². The number of aromatic nitrogens is 4. The number of hydrogen-bond donors (Lipinski definition) is 2. The Kier molecular flexibility index (Phi) is 8.73. The molecule has 4 heterocycles. The van der Waals surface area contributed by atoms with Crippen molar-refractivity contribution < 1.29 is 17.9 Å². The van der Waals surface area contributed by atoms with Gasteiger partial charge in [-0.2, -0.15) is 4.31 Å². The summed E-state index contributed by atoms with van der Waals surface area (Å²) in [4.78, 5) is 34.4. The van der Waals surface area contributed by atoms with Crippen LogP contribution in [0.1, 0.15) is 77.5 Å². The minimum Gasteiger partial charge on any atom is -0.497 e. The number of imidazole rings is 2. The minimum atomic E-state index is -3.85. The number of nitrogens with one attached hydrogen (secondary N) is 2. The number of carbonyl (C=O) groups is 1. The molecule has 0 bridgehead atoms. The molecule has 0 saturated carbocycles. The topological polar surface area (TPSA) is 128 Å². The van der Waals surface area contributed by atoms with Gasteiger partial charge in [-0.1, -0.05) is 6.07 Å². The van der Waals surface area contributed by atoms with Crippen LogP contribution in [0.2, 0.25) is 0 Å². The molecule has 2 saturated heterocycles. The van der Waals surface area contributed by atoms with E-state index in [9.17, 15) is 13.2 Å². The molecule has 2 aliphatic rings. The molecule has 1 atom stereocenters. The van der Waals surface area contributed by atoms with Gasteiger partial charge in [0.25, 0.3) is 5.91 Å². The van der Waals surface area contributed by atoms with Crippen LogP contribution in [0.5, 0.6) is 5.75 Å². The number of carbonyl (C=O) groups excluding carboxylic acids is 1. The molecule has 1 amide bonds. The first-order valence-electron chi connectivity index (χ1n) is 16.0. The number of hydrogen-bond acceptors (Lipinski definition) is 7. The second-order valence-corrected chi connectivity index (χ2v) is 15.1. The van der Waals surface area contributed by atoms with E-state index < -0.39 is 16.1 Å². The summed E-state index contributed by atoms with van der Waals surface area (Å²) in [7, 11) is -0.723. The highest BCUT2D eigenvalue weighted by atomic mass is 32.2. The van der Waals surface area contributed by atoms with Gasteiger partial charge >= 0.3 is 0 Å². The number of aromatic amines is 2. The Bertz CT molecular complexity index is 1820. The Morgan fingerprint density at radius 1 is 1.04 bits per heavy atom. The van der Waals surface area contributed by atoms with Crippen molar-refractivity contribution in [2.75, 3.05) is 40.3 Å². The fourth-order valence-corrected chi connectivity index (χ4v) is 8.95. The smallest absolute Gasteiger partial charge is 0.256 e. The molecule has 2 N–H and O–H groups in total. The van der Waals surface area contributed by atoms with Crippen molar-refractivity contribution in [3.8, 4) is 5.75 Å². The van der Waals surface area contributed by atoms with Crippen LogP contribution in [0.25, 0.3) is 11.0 Å². The van der Waals surface area contributed by atoms with Gasteiger partial charge in [0.1, 0.15) is 22.9 Å². The van der Waals surface area contributed by atoms with Crippen molar-refractivity contribution in [1.82, 2.24) is 34.0 Å². The zero-order valence-electron chi connectivity index (χ0n) is 27.7. The Balaban J connectivity index is 1.14. The molecule has 46 heavy (non-hydrogen) atoms. The summed E-state index contributed by atoms with van der Waals surface area (Å²) in [5.41, 5.74) is 4.50. The third kappa shape index (κ3) is 6.05. The van der Waals surface area contributed by atoms with Crippen molar-refractivity contribution in [3.05, 3.63) is 70.6 Å². The molecule has 11 nitrogen and oxygen atoms in total. The Morgan fingerprint density at radius 2 is 1.70 bits per heavy atom. The molecule has 4 aromatic rings. The minimum absolute atomic E-state index is 0.0244. The SMILES string of the molecule is COc1cc(C)c(S(=O)(=O)N(C)C(C)c2nc3c(C(=O)N4CCC5(CCN(Cc6cnc(C)[nH]6)CC5)CC4)cccc3[nH]2)c(C)c1. The van der Waals surface area contributed by atoms with Crippen LogP contribution < -0.4 is 4.74 Å². The molecule has 0 radical (unpaired) electrons. The molecule has 0 aliphatic carbocycles. The molecule has 2 aromatic heterocycles. The number of rotatable bonds is 8. The number of nitrogens with zero attached hydrogens (tertiary/aromatic N) is 5. The van der Waals surface area contributed by atoms with E-state index in [0.29, 0.717) is 39.3 Å². The number of para-hydroxylation sites is 1. The van der Waals surface area contributed by atoms with Crippen LogP contribution in [0.4, 0.5) is 0 Å². The molecule has 1 spiro atoms. The van der Waals surface area contributed by atoms with E-state index in [1.54, 1.807) is 47.1 Å². The van der Waals surface area contributed by atoms with E-state index >= 15 is 0 Å². The van der Waals surface area contributed by atoms with Crippen molar-refractivity contribution in [2.45, 2.75) is 70.9 Å². The van der Waals surface area contributed by atoms with Gasteiger partial charge in [0.2, 0.25) is 10.0 Å². The van der Waals surface area contributed by atoms with E-state index in [1.807, 2.05) is 36.2 Å². The van der Waals surface area contributed by atoms with Gasteiger partial charge in [-0.15, -0.1) is 0 Å². The molecular formula is C34H45N7O4S. The van der Waals surface area contributed by atoms with Crippen molar-refractivity contribution in [1.29, 1.82) is 0 Å². The monoisotopic (exact) mass is 647 g/mol. The zero-order valence-corrected chi connectivity index (χ0v) is 28.5. The first-order chi connectivity index (χ1) is 21.9. The molecule has 246 valence electrons. The second kappa shape index (κ2) is 12.5. The van der Waals surface area contributed by atoms with Gasteiger partial charge in [-0.3, -0.25) is 9.69 Å². The second-order valence-electron chi connectivity index (χ2n) is 13.2. The molecule has 2 aliphatic heterocycles. The van der Waals surface area contributed by atoms with Crippen LogP contribution in [0, 0.1) is 26.2 Å². The summed E-state index contributed by atoms with van der Waals surface area (Å²) in [5.74, 6) is 2.03. The number of sulfonamides is 1. The lowest BCUT2D eigenvalue weighted by Crippen LogP contribution is -2.48. The number of piperidine rings is 2. The van der Waals surface area contributed by atoms with Crippen LogP contribution in [-0.4, -0.2) is 88.7 Å². The van der Waals surface area contributed by atoms with Crippen molar-refractivity contribution in [2.24, 2.45) is 5.41 Å². The van der Waals surface area contributed by atoms with Crippen molar-refractivity contribution >= 4 is 27.0 Å². The van der Waals surface area contributed by atoms with Crippen LogP contribution in [0.15, 0.2) is 41.4 Å². The van der Waals surface area contributed by atoms with Gasteiger partial charge < -0.3 is 19.6 Å². The predicted octanol–water partition coefficient (Wildman–Crippen LogP) is 5.12. The van der Waals surface area contributed by atoms with E-state index in [0.717, 1.165) is 69.9 Å². The predicted molar refractivity (Wildman–Crippen MR) is 177 cm³/mol. The maximum Gasteiger partial charge on any atom is 0.256 e. The van der Waals surface area contributed by atoms with Gasteiger partial charge in [0.05, 0.1) is 29.1 Å². The quantitative estimate of drug-likeness (QED) is 0.272. The Hall–Kier alpha value is -3.74. The highest BCUT2D eigenvalue weighted by Crippen LogP contribution is 2.42. The standard InChI is InChI=1S/C34H45N7O4S/c1-22-18-27(45-6)19-23(2)31(22)46(43,44)39(5)24(3)32-37-29-9-7-8-28(30(29)38-32)33(42)41-16-12-34(13-17-41)10-14-40(15-11-34)21-26-20-35-25(4)36-26/h7-9,18-20,24H,10-17,21H2,1-6H3,(H,35,36)(H,37,38). The van der Waals surface area contributed by atoms with E-state index in [-0.39, 0.29) is 16.2 Å². The first kappa shape index (κ1) is 32.2. The summed E-state index contributed by atoms with van der Waals surface area (Å²) in [6, 6.07) is 8.42. The maximum absolute atomic E-state index is 13.9. The lowest BCUT2D eigenvalue weighted by molar-refractivity contribution is 0.0283. The maximum atomic E-state index is 13.9. The summed E-state index contributed by atoms with van der Waals surface area (Å²) >= 11 is 0. The molecule has 1 unspecified atom stereocenters. The van der Waals surface area contributed by atoms with E-state index in [1.165, 1.54) is 4.31 Å². The Labute approximate surface area is 271 Å². The number of H-pyrrole nitrogens is 2. The van der Waals surface area contributed by atoms with E-state index in [2.05, 4.69) is 19.9 Å². The largest absolute Gasteiger partial charge is 0.497 e. The fourth-order valence-electron chi connectivity index (χ4n) is 7.21. The van der Waals surface area contributed by atoms with Gasteiger partial charge in [0, 0.05) is 38.6 Å². The number of aryl methyl sites for hydroxylation is 3. The average Bonchev–Trinajstić information content (AvgIpc) is 3.66. The third-order valence-corrected chi connectivity index (χ3v) is 12.4. The first-order valence-corrected chi connectivity index (χ1v) is 17.5. The molecule has 2 aromatic carbocycles. The molecule has 12 heteroatoms. The van der Waals surface area contributed by atoms with Gasteiger partial charge in [-0.25, -0.2) is 18.4 Å². The van der Waals surface area contributed by atoms with Crippen LogP contribution in [0.3, 0.4) is 0 Å². The molecule has 2 fully saturated rings. The number of fused-ring (bicyclic) bond motifs is 1. The number of methoxy groups -OCH3 is 1. The highest BCUT2D eigenvalue weighted by Gasteiger charge is 2.39. The van der Waals surface area contributed by atoms with Crippen molar-refractivity contribution in [3.63, 3.8) is 0 Å². The molecule has 6 rings (SSSR count). The summed E-state index contributed by atoms with van der Waals surface area (Å²) in [6.45, 7) is 11.8. The number of ether oxygens (including phenoxy) is 1. The lowest BCUT2D eigenvalue weighted by Gasteiger charge is -2.46. The number of amides is 1. The van der Waals surface area contributed by atoms with Gasteiger partial charge in [0.15, 0.2) is 0 Å². The number of likely N-dealkylation sites (tertiary alicyclic amines) is 2. The highest BCUT2D eigenvalue weighted by molar-refractivity contribution is 7.89. The molecular weight excluding hydrogens is 602 g/mol. The Morgan fingerprint density at radius 3 is 2.30 bits per heavy atom. The van der Waals surface area contributed by atoms with Crippen LogP contribution in [-0.2, 0) is 16.6 Å². The summed E-state index contributed by atoms with van der Waals surface area (Å²) < 4.78 is 34.2. The normalized spacial score (nSPS) is 18.0. The summed E-state index contributed by atoms with van der Waals surface area (Å²) in [5, 5.41) is 0.